The van der Waals surface area contributed by atoms with E-state index in [1.807, 2.05) is 24.3 Å². The summed E-state index contributed by atoms with van der Waals surface area (Å²) < 4.78 is 5.11. The number of ether oxygens (including phenoxy) is 1. The Labute approximate surface area is 123 Å². The number of nitrogens with one attached hydrogen (secondary N) is 2. The summed E-state index contributed by atoms with van der Waals surface area (Å²) in [6.07, 6.45) is 0. The molecular weight excluding hydrogens is 272 g/mol. The molecule has 106 valence electrons. The van der Waals surface area contributed by atoms with Crippen LogP contribution < -0.4 is 10.2 Å². The van der Waals surface area contributed by atoms with Gasteiger partial charge in [-0.1, -0.05) is 18.3 Å². The van der Waals surface area contributed by atoms with Gasteiger partial charge in [0, 0.05) is 19.7 Å². The van der Waals surface area contributed by atoms with Crippen molar-refractivity contribution in [3.05, 3.63) is 41.8 Å². The van der Waals surface area contributed by atoms with Crippen molar-refractivity contribution >= 4 is 28.2 Å². The van der Waals surface area contributed by atoms with Crippen LogP contribution in [0.25, 0.3) is 0 Å². The lowest BCUT2D eigenvalue weighted by molar-refractivity contribution is 0.415. The van der Waals surface area contributed by atoms with Gasteiger partial charge >= 0.3 is 0 Å². The Morgan fingerprint density at radius 2 is 2.05 bits per heavy atom. The third-order valence-corrected chi connectivity index (χ3v) is 3.21. The van der Waals surface area contributed by atoms with Gasteiger partial charge in [0.25, 0.3) is 0 Å². The maximum atomic E-state index is 8.29. The minimum Gasteiger partial charge on any atom is -0.497 e. The smallest absolute Gasteiger partial charge is 0.140 e. The summed E-state index contributed by atoms with van der Waals surface area (Å²) in [6.45, 7) is 3.67. The van der Waals surface area contributed by atoms with E-state index in [-0.39, 0.29) is 5.71 Å². The third-order valence-electron chi connectivity index (χ3n) is 2.44. The maximum Gasteiger partial charge on any atom is 0.140 e. The molecule has 2 N–H and O–H groups in total. The van der Waals surface area contributed by atoms with E-state index >= 15 is 0 Å². The van der Waals surface area contributed by atoms with Gasteiger partial charge < -0.3 is 10.2 Å². The second-order valence-corrected chi connectivity index (χ2v) is 4.56. The molecule has 1 aromatic rings. The highest BCUT2D eigenvalue weighted by Gasteiger charge is 2.16. The van der Waals surface area contributed by atoms with Crippen molar-refractivity contribution in [3.8, 4) is 5.75 Å². The summed E-state index contributed by atoms with van der Waals surface area (Å²) in [7, 11) is 4.96. The average Bonchev–Trinajstić information content (AvgIpc) is 2.50. The first-order chi connectivity index (χ1) is 9.67. The van der Waals surface area contributed by atoms with Crippen molar-refractivity contribution < 1.29 is 4.74 Å². The normalized spacial score (nSPS) is 11.9. The Hall–Kier alpha value is -2.08. The minimum absolute atomic E-state index is 0.289. The van der Waals surface area contributed by atoms with Crippen LogP contribution in [0.3, 0.4) is 0 Å². The van der Waals surface area contributed by atoms with Gasteiger partial charge in [0.05, 0.1) is 12.8 Å². The van der Waals surface area contributed by atoms with Crippen molar-refractivity contribution in [3.63, 3.8) is 0 Å². The molecule has 0 spiro atoms. The Bertz CT molecular complexity index is 535. The number of hydrogen-bond donors (Lipinski definition) is 2. The van der Waals surface area contributed by atoms with E-state index in [1.165, 1.54) is 11.8 Å². The monoisotopic (exact) mass is 290 g/mol. The summed E-state index contributed by atoms with van der Waals surface area (Å²) in [6, 6.07) is 7.25. The molecule has 0 saturated heterocycles. The number of nitrogens with zero attached hydrogens (tertiary/aromatic N) is 2. The number of thioether (sulfide) groups is 1. The summed E-state index contributed by atoms with van der Waals surface area (Å²) in [5, 5.41) is 14.7. The molecule has 0 radical (unpaired) electrons. The van der Waals surface area contributed by atoms with Crippen molar-refractivity contribution in [2.45, 2.75) is 0 Å². The molecule has 0 fully saturated rings. The molecule has 0 aromatic heterocycles. The van der Waals surface area contributed by atoms with Gasteiger partial charge in [0.2, 0.25) is 0 Å². The Kier molecular flexibility index (Phi) is 6.52. The number of hydrazone groups is 1. The predicted octanol–water partition coefficient (Wildman–Crippen LogP) is 2.54. The zero-order chi connectivity index (χ0) is 15.0. The van der Waals surface area contributed by atoms with Gasteiger partial charge in [-0.3, -0.25) is 10.4 Å². The van der Waals surface area contributed by atoms with Crippen molar-refractivity contribution in [1.29, 1.82) is 5.41 Å². The summed E-state index contributed by atoms with van der Waals surface area (Å²) in [5.41, 5.74) is 4.22. The van der Waals surface area contributed by atoms with Gasteiger partial charge in [0.1, 0.15) is 16.5 Å². The van der Waals surface area contributed by atoms with Gasteiger partial charge in [-0.25, -0.2) is 0 Å². The van der Waals surface area contributed by atoms with E-state index in [0.29, 0.717) is 10.8 Å². The molecule has 0 aliphatic heterocycles. The predicted molar refractivity (Wildman–Crippen MR) is 87.5 cm³/mol. The van der Waals surface area contributed by atoms with Crippen LogP contribution in [0.4, 0.5) is 0 Å². The fourth-order valence-electron chi connectivity index (χ4n) is 1.51. The molecule has 0 atom stereocenters. The first-order valence-electron chi connectivity index (χ1n) is 5.90. The van der Waals surface area contributed by atoms with Crippen LogP contribution in [0.1, 0.15) is 5.56 Å². The average molecular weight is 290 g/mol. The molecule has 0 amide bonds. The maximum absolute atomic E-state index is 8.29. The molecule has 0 heterocycles. The molecule has 1 aromatic carbocycles. The standard InChI is InChI=1S/C14H18N4OS/c1-5-20-14(16-2)13(18-17-3)12(15)10-6-8-11(19-4)9-7-10/h5-9,15,17H,1H2,2-4H3/b15-12?,16-14?,18-13+. The van der Waals surface area contributed by atoms with E-state index in [1.54, 1.807) is 26.6 Å². The summed E-state index contributed by atoms with van der Waals surface area (Å²) in [5.74, 6) is 0.749. The van der Waals surface area contributed by atoms with Crippen LogP contribution in [0, 0.1) is 5.41 Å². The van der Waals surface area contributed by atoms with Crippen molar-refractivity contribution in [2.24, 2.45) is 10.1 Å². The zero-order valence-electron chi connectivity index (χ0n) is 11.8. The quantitative estimate of drug-likeness (QED) is 0.480. The van der Waals surface area contributed by atoms with E-state index in [2.05, 4.69) is 22.1 Å². The molecule has 1 rings (SSSR count). The molecule has 0 aliphatic carbocycles. The third kappa shape index (κ3) is 3.96. The fourth-order valence-corrected chi connectivity index (χ4v) is 2.03. The molecule has 20 heavy (non-hydrogen) atoms. The van der Waals surface area contributed by atoms with E-state index in [9.17, 15) is 0 Å². The van der Waals surface area contributed by atoms with Crippen LogP contribution in [0.5, 0.6) is 5.75 Å². The largest absolute Gasteiger partial charge is 0.497 e. The highest BCUT2D eigenvalue weighted by molar-refractivity contribution is 8.18. The van der Waals surface area contributed by atoms with Crippen LogP contribution in [0.2, 0.25) is 0 Å². The Morgan fingerprint density at radius 3 is 2.50 bits per heavy atom. The van der Waals surface area contributed by atoms with E-state index < -0.39 is 0 Å². The molecule has 0 saturated carbocycles. The second-order valence-electron chi connectivity index (χ2n) is 3.60. The van der Waals surface area contributed by atoms with Gasteiger partial charge in [-0.05, 0) is 29.7 Å². The lowest BCUT2D eigenvalue weighted by Crippen LogP contribution is -2.24. The fraction of sp³-hybridized carbons (Fsp3) is 0.214. The van der Waals surface area contributed by atoms with Gasteiger partial charge in [-0.15, -0.1) is 0 Å². The number of methoxy groups -OCH3 is 1. The van der Waals surface area contributed by atoms with Crippen LogP contribution in [-0.2, 0) is 0 Å². The van der Waals surface area contributed by atoms with Gasteiger partial charge in [-0.2, -0.15) is 5.10 Å². The summed E-state index contributed by atoms with van der Waals surface area (Å²) in [4.78, 5) is 4.15. The molecule has 6 heteroatoms. The first-order valence-corrected chi connectivity index (χ1v) is 6.78. The second kappa shape index (κ2) is 8.16. The van der Waals surface area contributed by atoms with E-state index in [4.69, 9.17) is 10.1 Å². The molecule has 0 unspecified atom stereocenters. The highest BCUT2D eigenvalue weighted by Crippen LogP contribution is 2.15. The lowest BCUT2D eigenvalue weighted by Gasteiger charge is -2.10. The zero-order valence-corrected chi connectivity index (χ0v) is 12.6. The van der Waals surface area contributed by atoms with Crippen molar-refractivity contribution in [1.82, 2.24) is 5.43 Å². The number of benzene rings is 1. The molecule has 5 nitrogen and oxygen atoms in total. The highest BCUT2D eigenvalue weighted by atomic mass is 32.2. The van der Waals surface area contributed by atoms with Crippen LogP contribution in [0.15, 0.2) is 46.3 Å². The number of aliphatic imine (C=N–C) groups is 1. The summed E-state index contributed by atoms with van der Waals surface area (Å²) >= 11 is 1.33. The topological polar surface area (TPSA) is 69.8 Å². The van der Waals surface area contributed by atoms with Crippen LogP contribution in [-0.4, -0.2) is 37.7 Å². The van der Waals surface area contributed by atoms with Gasteiger partial charge in [0.15, 0.2) is 0 Å². The molecular formula is C14H18N4OS. The number of hydrogen-bond acceptors (Lipinski definition) is 6. The van der Waals surface area contributed by atoms with Crippen molar-refractivity contribution in [2.75, 3.05) is 21.2 Å². The molecule has 0 aliphatic rings. The van der Waals surface area contributed by atoms with E-state index in [0.717, 1.165) is 11.3 Å². The molecule has 0 bridgehead atoms. The van der Waals surface area contributed by atoms with Crippen LogP contribution >= 0.6 is 11.8 Å². The lowest BCUT2D eigenvalue weighted by atomic mass is 10.1. The Balaban J connectivity index is 3.11. The SMILES string of the molecule is C=CSC(=NC)/C(=N/NC)C(=N)c1ccc(OC)cc1. The number of rotatable bonds is 6. The minimum atomic E-state index is 0.289. The first kappa shape index (κ1) is 16.0. The Morgan fingerprint density at radius 1 is 1.40 bits per heavy atom.